The lowest BCUT2D eigenvalue weighted by atomic mass is 10.0. The van der Waals surface area contributed by atoms with Crippen LogP contribution in [-0.4, -0.2) is 175 Å². The largest absolute Gasteiger partial charge is 0.462 e. The van der Waals surface area contributed by atoms with Gasteiger partial charge < -0.3 is 53.2 Å². The van der Waals surface area contributed by atoms with Crippen LogP contribution in [0.25, 0.3) is 32.7 Å². The van der Waals surface area contributed by atoms with Gasteiger partial charge in [-0.05, 0) is 94.2 Å². The van der Waals surface area contributed by atoms with Crippen LogP contribution in [0.1, 0.15) is 47.8 Å². The minimum absolute atomic E-state index is 0.0186. The van der Waals surface area contributed by atoms with E-state index in [1.807, 2.05) is 143 Å². The summed E-state index contributed by atoms with van der Waals surface area (Å²) in [6.07, 6.45) is 1.10. The maximum absolute atomic E-state index is 13.9. The Labute approximate surface area is 542 Å². The SMILES string of the molecule is CCOC(=O)c1c(N2CCN(C(=O)c3cccs3)CC2)c2cc(C)ccc2n(CCN(C)C)c1=O.Cc1ccc(S(=O)(=O)c2c(N3CCN(C(=O)c4cccs4)CC3)c3ccccc3n(C)c2=O)cc1.Cn1c(=O)c(S(C)(=O)=O)c(N2CCNCC2)c2ccccc21. The summed E-state index contributed by atoms with van der Waals surface area (Å²) in [7, 11) is -0.606. The van der Waals surface area contributed by atoms with Crippen LogP contribution in [0.15, 0.2) is 155 Å². The van der Waals surface area contributed by atoms with E-state index >= 15 is 0 Å². The van der Waals surface area contributed by atoms with Gasteiger partial charge in [-0.2, -0.15) is 0 Å². The normalized spacial score (nSPS) is 14.7. The number of fused-ring (bicyclic) bond motifs is 3. The van der Waals surface area contributed by atoms with E-state index in [1.54, 1.807) is 60.8 Å². The third kappa shape index (κ3) is 13.7. The lowest BCUT2D eigenvalue weighted by Crippen LogP contribution is -2.49. The molecule has 0 radical (unpaired) electrons. The molecule has 9 aromatic rings. The molecule has 3 saturated heterocycles. The minimum Gasteiger partial charge on any atom is -0.462 e. The highest BCUT2D eigenvalue weighted by atomic mass is 32.2. The molecule has 5 aromatic heterocycles. The Morgan fingerprint density at radius 3 is 1.52 bits per heavy atom. The Hall–Kier alpha value is -8.46. The van der Waals surface area contributed by atoms with E-state index in [4.69, 9.17) is 4.74 Å². The number of anilines is 3. The molecule has 1 N–H and O–H groups in total. The second-order valence-corrected chi connectivity index (χ2v) is 28.9. The number of sulfone groups is 2. The number of hydrogen-bond acceptors (Lipinski definition) is 18. The van der Waals surface area contributed by atoms with Crippen molar-refractivity contribution in [3.63, 3.8) is 0 Å². The van der Waals surface area contributed by atoms with Gasteiger partial charge in [0.05, 0.1) is 54.9 Å². The van der Waals surface area contributed by atoms with Gasteiger partial charge in [-0.15, -0.1) is 22.7 Å². The number of aromatic nitrogens is 3. The van der Waals surface area contributed by atoms with Gasteiger partial charge in [-0.25, -0.2) is 21.6 Å². The van der Waals surface area contributed by atoms with E-state index < -0.39 is 36.8 Å². The highest BCUT2D eigenvalue weighted by Crippen LogP contribution is 2.37. The fourth-order valence-electron chi connectivity index (χ4n) is 12.0. The Morgan fingerprint density at radius 2 is 1.03 bits per heavy atom. The molecule has 3 aliphatic heterocycles. The molecule has 25 heteroatoms. The van der Waals surface area contributed by atoms with Gasteiger partial charge in [0.25, 0.3) is 28.5 Å². The lowest BCUT2D eigenvalue weighted by molar-refractivity contribution is 0.0523. The molecule has 484 valence electrons. The van der Waals surface area contributed by atoms with Crippen LogP contribution in [0.3, 0.4) is 0 Å². The van der Waals surface area contributed by atoms with E-state index in [1.165, 1.54) is 31.8 Å². The molecule has 92 heavy (non-hydrogen) atoms. The molecule has 0 aliphatic carbocycles. The van der Waals surface area contributed by atoms with Crippen molar-refractivity contribution < 1.29 is 36.0 Å². The number of aryl methyl sites for hydroxylation is 4. The Balaban J connectivity index is 0.000000156. The Bertz CT molecular complexity index is 4640. The second kappa shape index (κ2) is 28.2. The van der Waals surface area contributed by atoms with Crippen molar-refractivity contribution in [2.24, 2.45) is 14.1 Å². The summed E-state index contributed by atoms with van der Waals surface area (Å²) in [6, 6.07) is 34.7. The monoisotopic (exact) mass is 1320 g/mol. The first-order chi connectivity index (χ1) is 44.0. The van der Waals surface area contributed by atoms with Crippen LogP contribution in [0.4, 0.5) is 17.1 Å². The van der Waals surface area contributed by atoms with Gasteiger partial charge in [0.1, 0.15) is 5.56 Å². The molecule has 21 nitrogen and oxygen atoms in total. The molecule has 0 atom stereocenters. The number of piperazine rings is 3. The van der Waals surface area contributed by atoms with Crippen LogP contribution in [0, 0.1) is 13.8 Å². The Kier molecular flexibility index (Phi) is 20.4. The van der Waals surface area contributed by atoms with Crippen molar-refractivity contribution in [1.29, 1.82) is 0 Å². The topological polar surface area (TPSA) is 226 Å². The minimum atomic E-state index is -4.10. The third-order valence-electron chi connectivity index (χ3n) is 16.7. The molecule has 0 unspecified atom stereocenters. The number of esters is 1. The predicted molar refractivity (Wildman–Crippen MR) is 366 cm³/mol. The van der Waals surface area contributed by atoms with Gasteiger partial charge in [-0.3, -0.25) is 24.0 Å². The van der Waals surface area contributed by atoms with Gasteiger partial charge in [-0.1, -0.05) is 77.9 Å². The van der Waals surface area contributed by atoms with Gasteiger partial charge in [0.15, 0.2) is 19.6 Å². The zero-order chi connectivity index (χ0) is 65.8. The smallest absolute Gasteiger partial charge is 0.345 e. The maximum Gasteiger partial charge on any atom is 0.345 e. The van der Waals surface area contributed by atoms with Crippen molar-refractivity contribution >= 4 is 110 Å². The van der Waals surface area contributed by atoms with Crippen LogP contribution >= 0.6 is 22.7 Å². The number of thiophene rings is 2. The third-order valence-corrected chi connectivity index (χ3v) is 21.4. The summed E-state index contributed by atoms with van der Waals surface area (Å²) in [5, 5.41) is 9.35. The van der Waals surface area contributed by atoms with Gasteiger partial charge in [0, 0.05) is 128 Å². The summed E-state index contributed by atoms with van der Waals surface area (Å²) < 4.78 is 62.1. The number of benzene rings is 4. The first kappa shape index (κ1) is 66.5. The molecule has 3 fully saturated rings. The average Bonchev–Trinajstić information content (AvgIpc) is 0.804. The van der Waals surface area contributed by atoms with Crippen molar-refractivity contribution in [3.8, 4) is 0 Å². The molecule has 4 aromatic carbocycles. The Morgan fingerprint density at radius 1 is 0.554 bits per heavy atom. The number of carbonyl (C=O) groups is 3. The number of likely N-dealkylation sites (N-methyl/N-ethyl adjacent to an activating group) is 1. The molecular weight excluding hydrogens is 1250 g/mol. The fourth-order valence-corrected chi connectivity index (χ4v) is 16.0. The summed E-state index contributed by atoms with van der Waals surface area (Å²) in [5.74, 6) is -0.613. The molecule has 0 bridgehead atoms. The summed E-state index contributed by atoms with van der Waals surface area (Å²) >= 11 is 2.84. The predicted octanol–water partition coefficient (Wildman–Crippen LogP) is 7.13. The van der Waals surface area contributed by atoms with Gasteiger partial charge in [0.2, 0.25) is 9.84 Å². The van der Waals surface area contributed by atoms with E-state index in [0.29, 0.717) is 111 Å². The molecule has 0 spiro atoms. The highest BCUT2D eigenvalue weighted by molar-refractivity contribution is 7.91. The fraction of sp³-hybridized carbons (Fsp3) is 0.343. The van der Waals surface area contributed by atoms with Crippen LogP contribution in [0.5, 0.6) is 0 Å². The van der Waals surface area contributed by atoms with E-state index in [0.717, 1.165) is 57.2 Å². The van der Waals surface area contributed by atoms with E-state index in [-0.39, 0.29) is 44.2 Å². The van der Waals surface area contributed by atoms with Crippen LogP contribution < -0.4 is 36.7 Å². The molecule has 12 rings (SSSR count). The number of para-hydroxylation sites is 2. The number of amides is 2. The average molecular weight is 1330 g/mol. The second-order valence-electron chi connectivity index (χ2n) is 23.2. The molecular formula is C67H76N10O11S4. The molecule has 8 heterocycles. The molecule has 2 amide bonds. The number of pyridine rings is 3. The van der Waals surface area contributed by atoms with Crippen molar-refractivity contribution in [2.45, 2.75) is 42.0 Å². The number of nitrogens with zero attached hydrogens (tertiary/aromatic N) is 9. The first-order valence-corrected chi connectivity index (χ1v) is 35.5. The quantitative estimate of drug-likeness (QED) is 0.113. The zero-order valence-electron chi connectivity index (χ0n) is 52.9. The standard InChI is InChI=1S/C26H32N4O4S.C26H25N3O4S2.C15H19N3O3S/c1-5-34-26(33)22-23(28-11-13-29(14-12-28)24(31)21-7-6-16-35-21)19-17-18(2)8-9-20(19)30(25(22)32)15-10-27(3)4;1-18-9-11-19(12-10-18)35(32,33)24-23(20-6-3-4-7-21(20)27(2)26(24)31)28-13-15-29(16-14-28)25(30)22-8-5-17-34-22;1-17-12-6-4-3-5-11(12)13(18-9-7-16-8-10-18)14(15(17)19)22(2,20)21/h6-9,16-17H,5,10-15H2,1-4H3;3-12,17H,13-16H2,1-2H3;3-6,16H,7-10H2,1-2H3. The van der Waals surface area contributed by atoms with Crippen LogP contribution in [0.2, 0.25) is 0 Å². The number of ether oxygens (including phenoxy) is 1. The van der Waals surface area contributed by atoms with E-state index in [9.17, 15) is 45.6 Å². The van der Waals surface area contributed by atoms with E-state index in [2.05, 4.69) is 10.2 Å². The van der Waals surface area contributed by atoms with Crippen molar-refractivity contribution in [1.82, 2.24) is 33.7 Å². The number of hydrogen-bond donors (Lipinski definition) is 1. The lowest BCUT2D eigenvalue weighted by Gasteiger charge is -2.37. The summed E-state index contributed by atoms with van der Waals surface area (Å²) in [5.41, 5.74) is 4.44. The van der Waals surface area contributed by atoms with Crippen molar-refractivity contribution in [2.75, 3.05) is 127 Å². The zero-order valence-corrected chi connectivity index (χ0v) is 56.1. The molecule has 3 aliphatic rings. The van der Waals surface area contributed by atoms with Crippen LogP contribution in [-0.2, 0) is 45.1 Å². The number of carbonyl (C=O) groups excluding carboxylic acids is 3. The summed E-state index contributed by atoms with van der Waals surface area (Å²) in [6.45, 7) is 13.6. The van der Waals surface area contributed by atoms with Crippen molar-refractivity contribution in [3.05, 3.63) is 184 Å². The molecule has 0 saturated carbocycles. The number of rotatable bonds is 13. The summed E-state index contributed by atoms with van der Waals surface area (Å²) in [4.78, 5) is 91.5. The highest BCUT2D eigenvalue weighted by Gasteiger charge is 2.35. The number of nitrogens with one attached hydrogen (secondary N) is 1. The van der Waals surface area contributed by atoms with Gasteiger partial charge >= 0.3 is 5.97 Å². The maximum atomic E-state index is 13.9. The first-order valence-electron chi connectivity index (χ1n) is 30.4.